The van der Waals surface area contributed by atoms with Crippen molar-refractivity contribution in [1.82, 2.24) is 19.0 Å². The number of nitrogens with zero attached hydrogens (tertiary/aromatic N) is 4. The van der Waals surface area contributed by atoms with Crippen molar-refractivity contribution in [2.45, 2.75) is 6.42 Å². The number of rotatable bonds is 4. The molecule has 2 heterocycles. The van der Waals surface area contributed by atoms with Gasteiger partial charge in [-0.2, -0.15) is 5.10 Å². The van der Waals surface area contributed by atoms with E-state index in [0.717, 1.165) is 6.42 Å². The van der Waals surface area contributed by atoms with Crippen LogP contribution in [0.15, 0.2) is 12.3 Å². The van der Waals surface area contributed by atoms with E-state index in [4.69, 9.17) is 0 Å². The molecule has 0 aromatic carbocycles. The largest absolute Gasteiger partial charge is 0.308 e. The summed E-state index contributed by atoms with van der Waals surface area (Å²) in [4.78, 5) is 13.9. The first-order chi connectivity index (χ1) is 9.84. The predicted molar refractivity (Wildman–Crippen MR) is 79.3 cm³/mol. The van der Waals surface area contributed by atoms with Crippen LogP contribution in [0.2, 0.25) is 0 Å². The molecule has 0 unspecified atom stereocenters. The maximum atomic E-state index is 11.9. The topological polar surface area (TPSA) is 87.5 Å². The smallest absolute Gasteiger partial charge is 0.239 e. The maximum absolute atomic E-state index is 11.9. The van der Waals surface area contributed by atoms with Gasteiger partial charge >= 0.3 is 0 Å². The van der Waals surface area contributed by atoms with Crippen LogP contribution >= 0.6 is 0 Å². The van der Waals surface area contributed by atoms with E-state index in [2.05, 4.69) is 10.4 Å². The Balaban J connectivity index is 1.84. The molecule has 0 aliphatic carbocycles. The molecule has 1 aliphatic rings. The van der Waals surface area contributed by atoms with Gasteiger partial charge in [-0.05, 0) is 13.0 Å². The van der Waals surface area contributed by atoms with Crippen LogP contribution < -0.4 is 5.32 Å². The van der Waals surface area contributed by atoms with E-state index in [-0.39, 0.29) is 12.5 Å². The summed E-state index contributed by atoms with van der Waals surface area (Å²) in [6, 6.07) is 1.73. The number of aryl methyl sites for hydroxylation is 1. The lowest BCUT2D eigenvalue weighted by Gasteiger charge is -2.19. The molecule has 1 aromatic rings. The standard InChI is InChI=1S/C12H21N5O3S/c1-15-7-4-11(14-15)13-12(18)10-16-5-3-6-17(9-8-16)21(2,19)20/h4,7H,3,5-6,8-10H2,1-2H3,(H,13,14,18). The molecule has 9 heteroatoms. The average Bonchev–Trinajstić information content (AvgIpc) is 2.62. The third-order valence-corrected chi connectivity index (χ3v) is 4.67. The number of hydrogen-bond acceptors (Lipinski definition) is 5. The number of anilines is 1. The van der Waals surface area contributed by atoms with E-state index in [0.29, 0.717) is 32.0 Å². The van der Waals surface area contributed by atoms with Gasteiger partial charge in [-0.15, -0.1) is 0 Å². The maximum Gasteiger partial charge on any atom is 0.239 e. The molecule has 118 valence electrons. The average molecular weight is 315 g/mol. The Hall–Kier alpha value is -1.45. The first-order valence-electron chi connectivity index (χ1n) is 6.81. The van der Waals surface area contributed by atoms with Gasteiger partial charge in [-0.1, -0.05) is 0 Å². The fourth-order valence-electron chi connectivity index (χ4n) is 2.30. The third kappa shape index (κ3) is 4.80. The van der Waals surface area contributed by atoms with Gasteiger partial charge < -0.3 is 5.32 Å². The molecular weight excluding hydrogens is 294 g/mol. The molecule has 1 N–H and O–H groups in total. The van der Waals surface area contributed by atoms with Crippen LogP contribution in [0, 0.1) is 0 Å². The quantitative estimate of drug-likeness (QED) is 0.796. The van der Waals surface area contributed by atoms with Crippen molar-refractivity contribution in [1.29, 1.82) is 0 Å². The summed E-state index contributed by atoms with van der Waals surface area (Å²) in [6.45, 7) is 2.45. The van der Waals surface area contributed by atoms with Crippen molar-refractivity contribution in [3.63, 3.8) is 0 Å². The van der Waals surface area contributed by atoms with Crippen molar-refractivity contribution in [2.24, 2.45) is 7.05 Å². The minimum atomic E-state index is -3.15. The number of amides is 1. The monoisotopic (exact) mass is 315 g/mol. The van der Waals surface area contributed by atoms with E-state index in [9.17, 15) is 13.2 Å². The van der Waals surface area contributed by atoms with Crippen LogP contribution in [0.1, 0.15) is 6.42 Å². The lowest BCUT2D eigenvalue weighted by atomic mass is 10.4. The first kappa shape index (κ1) is 15.9. The molecule has 2 rings (SSSR count). The molecule has 1 fully saturated rings. The van der Waals surface area contributed by atoms with E-state index in [1.165, 1.54) is 10.6 Å². The van der Waals surface area contributed by atoms with Crippen LogP contribution in [-0.4, -0.2) is 72.3 Å². The highest BCUT2D eigenvalue weighted by atomic mass is 32.2. The van der Waals surface area contributed by atoms with Crippen molar-refractivity contribution in [3.05, 3.63) is 12.3 Å². The number of carbonyl (C=O) groups is 1. The SMILES string of the molecule is Cn1ccc(NC(=O)CN2CCCN(S(C)(=O)=O)CC2)n1. The highest BCUT2D eigenvalue weighted by Crippen LogP contribution is 2.07. The predicted octanol–water partition coefficient (Wildman–Crippen LogP) is -0.674. The molecule has 0 atom stereocenters. The highest BCUT2D eigenvalue weighted by molar-refractivity contribution is 7.88. The van der Waals surface area contributed by atoms with Gasteiger partial charge in [0.2, 0.25) is 15.9 Å². The Morgan fingerprint density at radius 3 is 2.71 bits per heavy atom. The number of hydrogen-bond donors (Lipinski definition) is 1. The van der Waals surface area contributed by atoms with E-state index >= 15 is 0 Å². The Labute approximate surface area is 124 Å². The summed E-state index contributed by atoms with van der Waals surface area (Å²) in [7, 11) is -1.37. The van der Waals surface area contributed by atoms with Crippen LogP contribution in [0.25, 0.3) is 0 Å². The van der Waals surface area contributed by atoms with Gasteiger partial charge in [-0.3, -0.25) is 14.4 Å². The van der Waals surface area contributed by atoms with Crippen molar-refractivity contribution < 1.29 is 13.2 Å². The van der Waals surface area contributed by atoms with Crippen LogP contribution in [0.3, 0.4) is 0 Å². The molecule has 1 saturated heterocycles. The Kier molecular flexibility index (Phi) is 4.96. The second kappa shape index (κ2) is 6.54. The molecule has 0 radical (unpaired) electrons. The van der Waals surface area contributed by atoms with Gasteiger partial charge in [0.25, 0.3) is 0 Å². The van der Waals surface area contributed by atoms with Crippen molar-refractivity contribution >= 4 is 21.7 Å². The second-order valence-electron chi connectivity index (χ2n) is 5.21. The zero-order valence-corrected chi connectivity index (χ0v) is 13.1. The molecule has 1 aromatic heterocycles. The molecule has 21 heavy (non-hydrogen) atoms. The normalized spacial score (nSPS) is 18.4. The molecule has 1 amide bonds. The summed E-state index contributed by atoms with van der Waals surface area (Å²) in [6.07, 6.45) is 3.70. The van der Waals surface area contributed by atoms with Crippen LogP contribution in [-0.2, 0) is 21.9 Å². The number of nitrogens with one attached hydrogen (secondary N) is 1. The minimum Gasteiger partial charge on any atom is -0.308 e. The number of aromatic nitrogens is 2. The van der Waals surface area contributed by atoms with Crippen LogP contribution in [0.4, 0.5) is 5.82 Å². The van der Waals surface area contributed by atoms with Crippen molar-refractivity contribution in [2.75, 3.05) is 44.3 Å². The van der Waals surface area contributed by atoms with Crippen molar-refractivity contribution in [3.8, 4) is 0 Å². The fourth-order valence-corrected chi connectivity index (χ4v) is 3.18. The van der Waals surface area contributed by atoms with Gasteiger partial charge in [0.1, 0.15) is 0 Å². The van der Waals surface area contributed by atoms with Crippen LogP contribution in [0.5, 0.6) is 0 Å². The molecule has 1 aliphatic heterocycles. The molecule has 0 bridgehead atoms. The van der Waals surface area contributed by atoms with E-state index in [1.807, 2.05) is 4.90 Å². The summed E-state index contributed by atoms with van der Waals surface area (Å²) in [5, 5.41) is 6.81. The number of sulfonamides is 1. The zero-order chi connectivity index (χ0) is 15.5. The molecule has 0 spiro atoms. The third-order valence-electron chi connectivity index (χ3n) is 3.36. The first-order valence-corrected chi connectivity index (χ1v) is 8.66. The molecular formula is C12H21N5O3S. The van der Waals surface area contributed by atoms with Gasteiger partial charge in [0.15, 0.2) is 5.82 Å². The lowest BCUT2D eigenvalue weighted by molar-refractivity contribution is -0.117. The zero-order valence-electron chi connectivity index (χ0n) is 12.3. The summed E-state index contributed by atoms with van der Waals surface area (Å²) >= 11 is 0. The fraction of sp³-hybridized carbons (Fsp3) is 0.667. The van der Waals surface area contributed by atoms with Gasteiger partial charge in [-0.25, -0.2) is 12.7 Å². The van der Waals surface area contributed by atoms with Gasteiger partial charge in [0.05, 0.1) is 12.8 Å². The Bertz CT molecular complexity index is 598. The van der Waals surface area contributed by atoms with Gasteiger partial charge in [0, 0.05) is 38.9 Å². The highest BCUT2D eigenvalue weighted by Gasteiger charge is 2.22. The molecule has 0 saturated carbocycles. The second-order valence-corrected chi connectivity index (χ2v) is 7.20. The summed E-state index contributed by atoms with van der Waals surface area (Å²) < 4.78 is 26.1. The Morgan fingerprint density at radius 2 is 2.10 bits per heavy atom. The Morgan fingerprint density at radius 1 is 1.33 bits per heavy atom. The summed E-state index contributed by atoms with van der Waals surface area (Å²) in [5.41, 5.74) is 0. The minimum absolute atomic E-state index is 0.137. The summed E-state index contributed by atoms with van der Waals surface area (Å²) in [5.74, 6) is 0.386. The lowest BCUT2D eigenvalue weighted by Crippen LogP contribution is -2.37. The van der Waals surface area contributed by atoms with E-state index < -0.39 is 10.0 Å². The van der Waals surface area contributed by atoms with E-state index in [1.54, 1.807) is 24.0 Å². The number of carbonyl (C=O) groups excluding carboxylic acids is 1. The molecule has 8 nitrogen and oxygen atoms in total.